The number of nitrogens with one attached hydrogen (secondary N) is 3. The number of carbonyl (C=O) groups is 2. The number of aromatic nitrogens is 3. The van der Waals surface area contributed by atoms with Gasteiger partial charge in [-0.15, -0.1) is 0 Å². The van der Waals surface area contributed by atoms with Crippen molar-refractivity contribution in [1.29, 1.82) is 0 Å². The number of ether oxygens (including phenoxy) is 1. The van der Waals surface area contributed by atoms with E-state index in [-0.39, 0.29) is 11.9 Å². The number of anilines is 3. The van der Waals surface area contributed by atoms with E-state index < -0.39 is 0 Å². The van der Waals surface area contributed by atoms with Crippen molar-refractivity contribution in [1.82, 2.24) is 15.2 Å². The molecule has 2 heterocycles. The van der Waals surface area contributed by atoms with Crippen molar-refractivity contribution in [3.8, 4) is 0 Å². The van der Waals surface area contributed by atoms with Gasteiger partial charge in [0.25, 0.3) is 5.91 Å². The van der Waals surface area contributed by atoms with Gasteiger partial charge in [0.05, 0.1) is 35.8 Å². The van der Waals surface area contributed by atoms with Crippen LogP contribution in [0.1, 0.15) is 32.5 Å². The van der Waals surface area contributed by atoms with Crippen LogP contribution in [0.2, 0.25) is 0 Å². The third kappa shape index (κ3) is 4.01. The first-order chi connectivity index (χ1) is 14.5. The molecule has 152 valence electrons. The second kappa shape index (κ2) is 8.34. The second-order valence-electron chi connectivity index (χ2n) is 6.50. The quantitative estimate of drug-likeness (QED) is 0.396. The summed E-state index contributed by atoms with van der Waals surface area (Å²) >= 11 is 1.24. The number of hydrogen-bond donors (Lipinski definition) is 3. The molecular formula is C21H19N5O3S. The predicted molar refractivity (Wildman–Crippen MR) is 117 cm³/mol. The predicted octanol–water partition coefficient (Wildman–Crippen LogP) is 4.50. The monoisotopic (exact) mass is 421 g/mol. The summed E-state index contributed by atoms with van der Waals surface area (Å²) in [5.74, 6) is -0.602. The minimum absolute atomic E-state index is 0.241. The number of aromatic amines is 1. The van der Waals surface area contributed by atoms with Gasteiger partial charge in [0.2, 0.25) is 0 Å². The number of rotatable bonds is 6. The van der Waals surface area contributed by atoms with Crippen molar-refractivity contribution in [3.05, 3.63) is 64.8 Å². The number of thiazole rings is 1. The Bertz CT molecular complexity index is 1210. The summed E-state index contributed by atoms with van der Waals surface area (Å²) in [6.45, 7) is 4.03. The van der Waals surface area contributed by atoms with Gasteiger partial charge in [0.1, 0.15) is 4.88 Å². The van der Waals surface area contributed by atoms with Gasteiger partial charge < -0.3 is 15.4 Å². The second-order valence-corrected chi connectivity index (χ2v) is 7.53. The summed E-state index contributed by atoms with van der Waals surface area (Å²) in [5, 5.41) is 14.5. The molecule has 0 saturated heterocycles. The van der Waals surface area contributed by atoms with Crippen molar-refractivity contribution < 1.29 is 14.3 Å². The number of fused-ring (bicyclic) bond motifs is 1. The molecule has 8 nitrogen and oxygen atoms in total. The third-order valence-electron chi connectivity index (χ3n) is 4.45. The molecule has 0 saturated carbocycles. The average Bonchev–Trinajstić information content (AvgIpc) is 3.40. The maximum Gasteiger partial charge on any atom is 0.338 e. The molecule has 0 aliphatic carbocycles. The minimum Gasteiger partial charge on any atom is -0.462 e. The van der Waals surface area contributed by atoms with Crippen LogP contribution in [0.4, 0.5) is 16.5 Å². The fourth-order valence-electron chi connectivity index (χ4n) is 2.93. The van der Waals surface area contributed by atoms with Crippen molar-refractivity contribution in [2.24, 2.45) is 0 Å². The fourth-order valence-corrected chi connectivity index (χ4v) is 3.66. The Morgan fingerprint density at radius 1 is 1.13 bits per heavy atom. The lowest BCUT2D eigenvalue weighted by molar-refractivity contribution is 0.0526. The Balaban J connectivity index is 1.46. The molecule has 4 aromatic rings. The molecule has 0 bridgehead atoms. The van der Waals surface area contributed by atoms with Crippen LogP contribution in [0.5, 0.6) is 0 Å². The molecular weight excluding hydrogens is 402 g/mol. The number of carbonyl (C=O) groups excluding carboxylic acids is 2. The standard InChI is InChI=1S/C21H19N5O3S/c1-3-29-20(28)13-5-7-14(8-6-13)24-21-22-11-17(30-21)19(27)25-18-12(2)4-9-16-15(18)10-23-26-16/h4-11H,3H2,1-2H3,(H,22,24)(H,23,26)(H,25,27). The summed E-state index contributed by atoms with van der Waals surface area (Å²) in [6, 6.07) is 10.7. The molecule has 30 heavy (non-hydrogen) atoms. The van der Waals surface area contributed by atoms with Gasteiger partial charge in [-0.05, 0) is 49.7 Å². The zero-order chi connectivity index (χ0) is 21.1. The van der Waals surface area contributed by atoms with Gasteiger partial charge >= 0.3 is 5.97 Å². The Kier molecular flexibility index (Phi) is 5.44. The van der Waals surface area contributed by atoms with E-state index in [2.05, 4.69) is 25.8 Å². The van der Waals surface area contributed by atoms with Crippen molar-refractivity contribution in [2.45, 2.75) is 13.8 Å². The molecule has 0 aliphatic heterocycles. The molecule has 4 rings (SSSR count). The van der Waals surface area contributed by atoms with E-state index in [9.17, 15) is 9.59 Å². The molecule has 2 aromatic heterocycles. The van der Waals surface area contributed by atoms with Crippen molar-refractivity contribution >= 4 is 50.6 Å². The highest BCUT2D eigenvalue weighted by atomic mass is 32.1. The highest BCUT2D eigenvalue weighted by molar-refractivity contribution is 7.17. The van der Waals surface area contributed by atoms with E-state index in [1.807, 2.05) is 19.1 Å². The Hall–Kier alpha value is -3.72. The Labute approximate surface area is 176 Å². The lowest BCUT2D eigenvalue weighted by Gasteiger charge is -2.08. The summed E-state index contributed by atoms with van der Waals surface area (Å²) < 4.78 is 4.97. The topological polar surface area (TPSA) is 109 Å². The van der Waals surface area contributed by atoms with Gasteiger partial charge in [-0.1, -0.05) is 17.4 Å². The van der Waals surface area contributed by atoms with E-state index in [0.717, 1.165) is 27.8 Å². The van der Waals surface area contributed by atoms with Gasteiger partial charge in [-0.25, -0.2) is 9.78 Å². The lowest BCUT2D eigenvalue weighted by Crippen LogP contribution is -2.11. The van der Waals surface area contributed by atoms with E-state index in [4.69, 9.17) is 4.74 Å². The van der Waals surface area contributed by atoms with Crippen LogP contribution in [0.3, 0.4) is 0 Å². The summed E-state index contributed by atoms with van der Waals surface area (Å²) in [6.07, 6.45) is 3.22. The van der Waals surface area contributed by atoms with Crippen molar-refractivity contribution in [2.75, 3.05) is 17.2 Å². The third-order valence-corrected chi connectivity index (χ3v) is 5.36. The van der Waals surface area contributed by atoms with Crippen LogP contribution in [0, 0.1) is 6.92 Å². The summed E-state index contributed by atoms with van der Waals surface area (Å²) in [5.41, 5.74) is 3.76. The first-order valence-electron chi connectivity index (χ1n) is 9.29. The van der Waals surface area contributed by atoms with Crippen molar-refractivity contribution in [3.63, 3.8) is 0 Å². The van der Waals surface area contributed by atoms with E-state index >= 15 is 0 Å². The molecule has 0 aliphatic rings. The molecule has 3 N–H and O–H groups in total. The molecule has 2 aromatic carbocycles. The van der Waals surface area contributed by atoms with Crippen LogP contribution in [0.15, 0.2) is 48.8 Å². The maximum absolute atomic E-state index is 12.7. The van der Waals surface area contributed by atoms with Gasteiger partial charge in [0, 0.05) is 11.1 Å². The van der Waals surface area contributed by atoms with Gasteiger partial charge in [-0.2, -0.15) is 5.10 Å². The number of nitrogens with zero attached hydrogens (tertiary/aromatic N) is 2. The average molecular weight is 421 g/mol. The zero-order valence-electron chi connectivity index (χ0n) is 16.4. The number of amides is 1. The SMILES string of the molecule is CCOC(=O)c1ccc(Nc2ncc(C(=O)Nc3c(C)ccc4[nH]ncc34)s2)cc1. The first-order valence-corrected chi connectivity index (χ1v) is 10.1. The molecule has 9 heteroatoms. The van der Waals surface area contributed by atoms with E-state index in [1.165, 1.54) is 17.5 Å². The number of aryl methyl sites for hydroxylation is 1. The zero-order valence-corrected chi connectivity index (χ0v) is 17.2. The number of hydrogen-bond acceptors (Lipinski definition) is 7. The highest BCUT2D eigenvalue weighted by Gasteiger charge is 2.15. The number of H-pyrrole nitrogens is 1. The molecule has 0 spiro atoms. The Morgan fingerprint density at radius 3 is 2.70 bits per heavy atom. The normalized spacial score (nSPS) is 10.7. The molecule has 0 atom stereocenters. The number of benzene rings is 2. The molecule has 0 unspecified atom stereocenters. The largest absolute Gasteiger partial charge is 0.462 e. The summed E-state index contributed by atoms with van der Waals surface area (Å²) in [4.78, 5) is 29.2. The molecule has 1 amide bonds. The van der Waals surface area contributed by atoms with Crippen LogP contribution in [0.25, 0.3) is 10.9 Å². The minimum atomic E-state index is -0.361. The Morgan fingerprint density at radius 2 is 1.93 bits per heavy atom. The van der Waals surface area contributed by atoms with Gasteiger partial charge in [-0.3, -0.25) is 9.89 Å². The van der Waals surface area contributed by atoms with Gasteiger partial charge in [0.15, 0.2) is 5.13 Å². The molecule has 0 fully saturated rings. The smallest absolute Gasteiger partial charge is 0.338 e. The van der Waals surface area contributed by atoms with Crippen LogP contribution in [-0.2, 0) is 4.74 Å². The maximum atomic E-state index is 12.7. The first kappa shape index (κ1) is 19.6. The molecule has 0 radical (unpaired) electrons. The fraction of sp³-hybridized carbons (Fsp3) is 0.143. The lowest BCUT2D eigenvalue weighted by atomic mass is 10.1. The van der Waals surface area contributed by atoms with E-state index in [0.29, 0.717) is 22.2 Å². The van der Waals surface area contributed by atoms with Crippen LogP contribution in [-0.4, -0.2) is 33.7 Å². The van der Waals surface area contributed by atoms with Crippen LogP contribution < -0.4 is 10.6 Å². The number of esters is 1. The summed E-state index contributed by atoms with van der Waals surface area (Å²) in [7, 11) is 0. The highest BCUT2D eigenvalue weighted by Crippen LogP contribution is 2.28. The van der Waals surface area contributed by atoms with Crippen LogP contribution >= 0.6 is 11.3 Å². The van der Waals surface area contributed by atoms with E-state index in [1.54, 1.807) is 37.4 Å².